The highest BCUT2D eigenvalue weighted by atomic mass is 32.1. The Bertz CT molecular complexity index is 4130. The van der Waals surface area contributed by atoms with Crippen LogP contribution in [0.4, 0.5) is 34.1 Å². The molecule has 76 heavy (non-hydrogen) atoms. The van der Waals surface area contributed by atoms with E-state index in [0.717, 1.165) is 17.1 Å². The van der Waals surface area contributed by atoms with Crippen LogP contribution in [-0.4, -0.2) is 11.3 Å². The van der Waals surface area contributed by atoms with E-state index < -0.39 is 0 Å². The topological polar surface area (TPSA) is 11.4 Å². The molecule has 0 aliphatic carbocycles. The summed E-state index contributed by atoms with van der Waals surface area (Å²) in [4.78, 5) is 5.22. The highest BCUT2D eigenvalue weighted by molar-refractivity contribution is 7.27. The summed E-state index contributed by atoms with van der Waals surface area (Å²) >= 11 is 3.90. The van der Waals surface area contributed by atoms with Gasteiger partial charge in [-0.3, -0.25) is 0 Å². The number of benzene rings is 8. The molecule has 5 heterocycles. The summed E-state index contributed by atoms with van der Waals surface area (Å²) in [5.41, 5.74) is 21.7. The van der Waals surface area contributed by atoms with E-state index in [1.165, 1.54) is 118 Å². The predicted octanol–water partition coefficient (Wildman–Crippen LogP) is 18.9. The van der Waals surface area contributed by atoms with Crippen LogP contribution in [0.15, 0.2) is 152 Å². The van der Waals surface area contributed by atoms with Crippen molar-refractivity contribution in [2.45, 2.75) is 131 Å². The van der Waals surface area contributed by atoms with Crippen LogP contribution >= 0.6 is 22.7 Å². The van der Waals surface area contributed by atoms with Crippen LogP contribution in [0.3, 0.4) is 0 Å². The molecule has 380 valence electrons. The molecule has 11 aromatic rings. The van der Waals surface area contributed by atoms with Crippen LogP contribution in [0.1, 0.15) is 132 Å². The molecule has 0 N–H and O–H groups in total. The fraction of sp³-hybridized carbons (Fsp3) is 0.286. The quantitative estimate of drug-likeness (QED) is 0.163. The average molecular weight is 1030 g/mol. The third-order valence-electron chi connectivity index (χ3n) is 16.7. The van der Waals surface area contributed by atoms with E-state index in [1.54, 1.807) is 0 Å². The average Bonchev–Trinajstić information content (AvgIpc) is 4.22. The SMILES string of the molecule is CC(C)(C)c1ccc(N(c2ccc(C(C)(C)C)cc2)c2cc3c4c(c2)-n2c5c(cc(C(C)(C)C)cc5c5sc6ccccc6c52)B4c2ccc(C(C)(C)C)cc2N3c2cccc3c2sc2cc(C(C)(C)C)ccc23)cc1. The molecule has 0 saturated carbocycles. The molecule has 0 radical (unpaired) electrons. The molecule has 13 rings (SSSR count). The number of nitrogens with zero attached hydrogens (tertiary/aromatic N) is 3. The summed E-state index contributed by atoms with van der Waals surface area (Å²) in [6.45, 7) is 35.0. The van der Waals surface area contributed by atoms with Crippen molar-refractivity contribution >= 4 is 131 Å². The molecule has 0 atom stereocenters. The summed E-state index contributed by atoms with van der Waals surface area (Å²) < 4.78 is 8.02. The lowest BCUT2D eigenvalue weighted by molar-refractivity contribution is 0.590. The minimum absolute atomic E-state index is 0.0131. The second-order valence-corrected chi connectivity index (χ2v) is 29.3. The van der Waals surface area contributed by atoms with E-state index in [4.69, 9.17) is 0 Å². The zero-order valence-electron chi connectivity index (χ0n) is 47.2. The van der Waals surface area contributed by atoms with Gasteiger partial charge in [0.2, 0.25) is 0 Å². The Morgan fingerprint density at radius 2 is 0.908 bits per heavy atom. The van der Waals surface area contributed by atoms with Gasteiger partial charge >= 0.3 is 0 Å². The van der Waals surface area contributed by atoms with Crippen LogP contribution in [0.5, 0.6) is 0 Å². The van der Waals surface area contributed by atoms with Gasteiger partial charge in [-0.25, -0.2) is 0 Å². The first-order valence-corrected chi connectivity index (χ1v) is 29.1. The van der Waals surface area contributed by atoms with E-state index >= 15 is 0 Å². The summed E-state index contributed by atoms with van der Waals surface area (Å²) in [5, 5.41) is 5.28. The van der Waals surface area contributed by atoms with Crippen LogP contribution in [0, 0.1) is 0 Å². The van der Waals surface area contributed by atoms with Crippen molar-refractivity contribution in [3.05, 3.63) is 179 Å². The van der Waals surface area contributed by atoms with Gasteiger partial charge in [-0.15, -0.1) is 22.7 Å². The predicted molar refractivity (Wildman–Crippen MR) is 337 cm³/mol. The zero-order valence-corrected chi connectivity index (χ0v) is 48.8. The van der Waals surface area contributed by atoms with Crippen LogP contribution < -0.4 is 26.2 Å². The van der Waals surface area contributed by atoms with Crippen molar-refractivity contribution in [2.24, 2.45) is 0 Å². The van der Waals surface area contributed by atoms with E-state index in [1.807, 2.05) is 22.7 Å². The highest BCUT2D eigenvalue weighted by Gasteiger charge is 2.45. The first-order chi connectivity index (χ1) is 35.8. The monoisotopic (exact) mass is 1030 g/mol. The Labute approximate surface area is 458 Å². The Kier molecular flexibility index (Phi) is 10.6. The van der Waals surface area contributed by atoms with E-state index in [2.05, 4.69) is 270 Å². The highest BCUT2D eigenvalue weighted by Crippen LogP contribution is 2.52. The third-order valence-corrected chi connectivity index (χ3v) is 19.1. The summed E-state index contributed by atoms with van der Waals surface area (Å²) in [6, 6.07) is 59.8. The van der Waals surface area contributed by atoms with Crippen molar-refractivity contribution in [3.63, 3.8) is 0 Å². The number of hydrogen-bond acceptors (Lipinski definition) is 4. The van der Waals surface area contributed by atoms with Gasteiger partial charge in [0.05, 0.1) is 31.8 Å². The lowest BCUT2D eigenvalue weighted by Crippen LogP contribution is -2.60. The number of rotatable bonds is 4. The first-order valence-electron chi connectivity index (χ1n) is 27.4. The Morgan fingerprint density at radius 1 is 0.355 bits per heavy atom. The summed E-state index contributed by atoms with van der Waals surface area (Å²) in [6.07, 6.45) is 0. The molecular formula is C70H70BN3S2. The molecule has 2 aliphatic heterocycles. The zero-order chi connectivity index (χ0) is 53.3. The smallest absolute Gasteiger partial charge is 0.252 e. The number of anilines is 6. The molecule has 2 aliphatic rings. The van der Waals surface area contributed by atoms with Crippen molar-refractivity contribution in [3.8, 4) is 5.69 Å². The Balaban J connectivity index is 1.21. The molecule has 3 aromatic heterocycles. The van der Waals surface area contributed by atoms with Gasteiger partial charge in [-0.1, -0.05) is 189 Å². The lowest BCUT2D eigenvalue weighted by atomic mass is 9.33. The van der Waals surface area contributed by atoms with Crippen LogP contribution in [-0.2, 0) is 27.1 Å². The molecule has 0 bridgehead atoms. The Hall–Kier alpha value is -6.60. The number of fused-ring (bicyclic) bond motifs is 12. The van der Waals surface area contributed by atoms with Crippen LogP contribution in [0.25, 0.3) is 57.1 Å². The van der Waals surface area contributed by atoms with Gasteiger partial charge in [-0.05, 0) is 138 Å². The van der Waals surface area contributed by atoms with Gasteiger partial charge < -0.3 is 14.4 Å². The second-order valence-electron chi connectivity index (χ2n) is 27.2. The number of aromatic nitrogens is 1. The van der Waals surface area contributed by atoms with Gasteiger partial charge in [0.25, 0.3) is 6.71 Å². The van der Waals surface area contributed by atoms with Gasteiger partial charge in [0.15, 0.2) is 0 Å². The molecule has 0 fully saturated rings. The fourth-order valence-corrected chi connectivity index (χ4v) is 14.8. The van der Waals surface area contributed by atoms with Crippen molar-refractivity contribution in [1.82, 2.24) is 4.57 Å². The first kappa shape index (κ1) is 49.0. The largest absolute Gasteiger partial charge is 0.310 e. The molecule has 0 saturated heterocycles. The molecule has 3 nitrogen and oxygen atoms in total. The van der Waals surface area contributed by atoms with E-state index in [0.29, 0.717) is 0 Å². The van der Waals surface area contributed by atoms with Crippen molar-refractivity contribution in [2.75, 3.05) is 9.80 Å². The maximum absolute atomic E-state index is 2.70. The molecule has 6 heteroatoms. The van der Waals surface area contributed by atoms with E-state index in [-0.39, 0.29) is 33.8 Å². The molecule has 0 amide bonds. The minimum Gasteiger partial charge on any atom is -0.310 e. The van der Waals surface area contributed by atoms with E-state index in [9.17, 15) is 0 Å². The molecule has 0 unspecified atom stereocenters. The van der Waals surface area contributed by atoms with Crippen molar-refractivity contribution in [1.29, 1.82) is 0 Å². The standard InChI is InChI=1S/C70H70BN3S2/c1-66(2,3)41-23-29-46(30-24-41)72(47-31-25-42(26-32-47)67(4,5)6)48-39-57-61-58(40-48)74-62-52(65-63(74)51-19-16-17-22-59(51)75-65)35-45(70(13,14)15)36-54(62)71(61)53-34-28-43(68(7,8)9)37-56(53)73(57)55-21-18-20-50-49-33-27-44(69(10,11)12)38-60(49)76-64(50)55/h16-40H,1-15H3. The summed E-state index contributed by atoms with van der Waals surface area (Å²) in [7, 11) is 0. The molecule has 0 spiro atoms. The number of hydrogen-bond donors (Lipinski definition) is 0. The molecular weight excluding hydrogens is 958 g/mol. The van der Waals surface area contributed by atoms with Crippen LogP contribution in [0.2, 0.25) is 0 Å². The Morgan fingerprint density at radius 3 is 1.54 bits per heavy atom. The van der Waals surface area contributed by atoms with Gasteiger partial charge in [0, 0.05) is 59.4 Å². The maximum atomic E-state index is 2.70. The van der Waals surface area contributed by atoms with Gasteiger partial charge in [-0.2, -0.15) is 0 Å². The normalized spacial score (nSPS) is 13.9. The third kappa shape index (κ3) is 7.55. The minimum atomic E-state index is -0.0811. The van der Waals surface area contributed by atoms with Crippen molar-refractivity contribution < 1.29 is 0 Å². The lowest BCUT2D eigenvalue weighted by Gasteiger charge is -2.42. The molecule has 8 aromatic carbocycles. The second kappa shape index (κ2) is 16.5. The maximum Gasteiger partial charge on any atom is 0.252 e. The fourth-order valence-electron chi connectivity index (χ4n) is 12.3. The number of thiophene rings is 2. The van der Waals surface area contributed by atoms with Gasteiger partial charge in [0.1, 0.15) is 0 Å². The summed E-state index contributed by atoms with van der Waals surface area (Å²) in [5.74, 6) is 0.